The summed E-state index contributed by atoms with van der Waals surface area (Å²) >= 11 is 1.31. The first-order valence-electron chi connectivity index (χ1n) is 8.81. The van der Waals surface area contributed by atoms with Crippen LogP contribution in [0.4, 0.5) is 5.13 Å². The maximum absolute atomic E-state index is 12.7. The Morgan fingerprint density at radius 1 is 1.11 bits per heavy atom. The molecule has 0 saturated heterocycles. The van der Waals surface area contributed by atoms with E-state index in [9.17, 15) is 4.79 Å². The molecule has 27 heavy (non-hydrogen) atoms. The Morgan fingerprint density at radius 3 is 2.56 bits per heavy atom. The van der Waals surface area contributed by atoms with E-state index in [-0.39, 0.29) is 11.8 Å². The lowest BCUT2D eigenvalue weighted by molar-refractivity contribution is -0.117. The van der Waals surface area contributed by atoms with Crippen molar-refractivity contribution in [3.8, 4) is 11.4 Å². The van der Waals surface area contributed by atoms with Gasteiger partial charge in [0.2, 0.25) is 16.0 Å². The van der Waals surface area contributed by atoms with Gasteiger partial charge in [-0.1, -0.05) is 78.4 Å². The van der Waals surface area contributed by atoms with Gasteiger partial charge in [-0.15, -0.1) is 15.3 Å². The van der Waals surface area contributed by atoms with Crippen LogP contribution in [0.15, 0.2) is 54.6 Å². The van der Waals surface area contributed by atoms with Crippen LogP contribution in [0.5, 0.6) is 0 Å². The molecule has 2 heterocycles. The van der Waals surface area contributed by atoms with Crippen molar-refractivity contribution in [3.05, 3.63) is 65.7 Å². The molecule has 2 aromatic heterocycles. The van der Waals surface area contributed by atoms with Gasteiger partial charge in [-0.05, 0) is 18.9 Å². The minimum atomic E-state index is -0.211. The van der Waals surface area contributed by atoms with E-state index >= 15 is 0 Å². The Labute approximate surface area is 160 Å². The van der Waals surface area contributed by atoms with Gasteiger partial charge in [-0.2, -0.15) is 4.52 Å². The summed E-state index contributed by atoms with van der Waals surface area (Å²) in [5, 5.41) is 16.4. The predicted octanol–water partition coefficient (Wildman–Crippen LogP) is 4.29. The highest BCUT2D eigenvalue weighted by molar-refractivity contribution is 7.20. The maximum atomic E-state index is 12.7. The van der Waals surface area contributed by atoms with Gasteiger partial charge in [0.15, 0.2) is 5.82 Å². The Hall–Kier alpha value is -3.06. The van der Waals surface area contributed by atoms with E-state index in [2.05, 4.69) is 20.6 Å². The Morgan fingerprint density at radius 2 is 1.85 bits per heavy atom. The van der Waals surface area contributed by atoms with Gasteiger partial charge in [0.25, 0.3) is 0 Å². The molecule has 0 aliphatic rings. The smallest absolute Gasteiger partial charge is 0.236 e. The number of nitrogens with one attached hydrogen (secondary N) is 1. The molecule has 0 radical (unpaired) electrons. The fraction of sp³-hybridized carbons (Fsp3) is 0.200. The molecule has 0 bridgehead atoms. The average molecular weight is 377 g/mol. The van der Waals surface area contributed by atoms with Crippen molar-refractivity contribution in [2.24, 2.45) is 0 Å². The number of rotatable bonds is 5. The number of carbonyl (C=O) groups excluding carboxylic acids is 1. The van der Waals surface area contributed by atoms with Crippen molar-refractivity contribution in [3.63, 3.8) is 0 Å². The molecule has 6 nitrogen and oxygen atoms in total. The topological polar surface area (TPSA) is 72.2 Å². The molecule has 1 N–H and O–H groups in total. The molecule has 136 valence electrons. The number of nitrogens with zero attached hydrogens (tertiary/aromatic N) is 4. The van der Waals surface area contributed by atoms with Crippen molar-refractivity contribution in [2.45, 2.75) is 26.2 Å². The van der Waals surface area contributed by atoms with Gasteiger partial charge in [0.05, 0.1) is 5.92 Å². The largest absolute Gasteiger partial charge is 0.300 e. The highest BCUT2D eigenvalue weighted by atomic mass is 32.1. The molecule has 7 heteroatoms. The molecule has 2 aromatic carbocycles. The highest BCUT2D eigenvalue weighted by Crippen LogP contribution is 2.26. The lowest BCUT2D eigenvalue weighted by Crippen LogP contribution is -2.20. The summed E-state index contributed by atoms with van der Waals surface area (Å²) in [5.41, 5.74) is 3.12. The number of anilines is 1. The summed E-state index contributed by atoms with van der Waals surface area (Å²) in [6, 6.07) is 17.8. The number of carbonyl (C=O) groups is 1. The van der Waals surface area contributed by atoms with Gasteiger partial charge in [0, 0.05) is 5.56 Å². The van der Waals surface area contributed by atoms with Crippen molar-refractivity contribution in [1.29, 1.82) is 0 Å². The van der Waals surface area contributed by atoms with E-state index in [4.69, 9.17) is 0 Å². The van der Waals surface area contributed by atoms with Crippen LogP contribution in [-0.2, 0) is 4.79 Å². The van der Waals surface area contributed by atoms with E-state index in [1.807, 2.05) is 68.4 Å². The molecule has 4 rings (SSSR count). The van der Waals surface area contributed by atoms with E-state index in [1.165, 1.54) is 16.9 Å². The molecule has 0 fully saturated rings. The number of amides is 1. The van der Waals surface area contributed by atoms with Gasteiger partial charge < -0.3 is 0 Å². The first kappa shape index (κ1) is 17.4. The first-order chi connectivity index (χ1) is 13.2. The molecule has 0 aliphatic carbocycles. The lowest BCUT2D eigenvalue weighted by Gasteiger charge is -2.13. The zero-order chi connectivity index (χ0) is 18.8. The molecule has 1 atom stereocenters. The van der Waals surface area contributed by atoms with Crippen molar-refractivity contribution in [2.75, 3.05) is 5.32 Å². The molecule has 0 spiro atoms. The second-order valence-corrected chi connectivity index (χ2v) is 7.31. The number of fused-ring (bicyclic) bond motifs is 1. The third-order valence-electron chi connectivity index (χ3n) is 4.46. The molecular weight excluding hydrogens is 358 g/mol. The summed E-state index contributed by atoms with van der Waals surface area (Å²) < 4.78 is 1.68. The number of aromatic nitrogens is 4. The highest BCUT2D eigenvalue weighted by Gasteiger charge is 2.21. The van der Waals surface area contributed by atoms with Crippen molar-refractivity contribution in [1.82, 2.24) is 19.8 Å². The third kappa shape index (κ3) is 3.46. The van der Waals surface area contributed by atoms with Crippen LogP contribution in [-0.4, -0.2) is 25.7 Å². The summed E-state index contributed by atoms with van der Waals surface area (Å²) in [6.45, 7) is 4.04. The van der Waals surface area contributed by atoms with Crippen molar-refractivity contribution < 1.29 is 4.79 Å². The standard InChI is InChI=1S/C20H19N5OS/c1-3-16(14-7-5-4-6-8-14)18(26)21-19-24-25-17(22-23-20(25)27-19)15-11-9-13(2)10-12-15/h4-12,16H,3H2,1-2H3,(H,21,24,26)/t16-/m1/s1. The molecule has 0 unspecified atom stereocenters. The number of hydrogen-bond acceptors (Lipinski definition) is 5. The zero-order valence-corrected chi connectivity index (χ0v) is 15.9. The van der Waals surface area contributed by atoms with Crippen molar-refractivity contribution >= 4 is 27.3 Å². The fourth-order valence-electron chi connectivity index (χ4n) is 3.00. The minimum absolute atomic E-state index is 0.0643. The van der Waals surface area contributed by atoms with E-state index < -0.39 is 0 Å². The van der Waals surface area contributed by atoms with Gasteiger partial charge in [-0.3, -0.25) is 10.1 Å². The van der Waals surface area contributed by atoms with Crippen LogP contribution in [0, 0.1) is 6.92 Å². The quantitative estimate of drug-likeness (QED) is 0.563. The van der Waals surface area contributed by atoms with Gasteiger partial charge in [-0.25, -0.2) is 0 Å². The van der Waals surface area contributed by atoms with Crippen LogP contribution in [0.25, 0.3) is 16.3 Å². The van der Waals surface area contributed by atoms with Gasteiger partial charge in [0.1, 0.15) is 0 Å². The normalized spacial score (nSPS) is 12.2. The zero-order valence-electron chi connectivity index (χ0n) is 15.1. The Balaban J connectivity index is 1.59. The van der Waals surface area contributed by atoms with Crippen LogP contribution in [0.3, 0.4) is 0 Å². The second-order valence-electron chi connectivity index (χ2n) is 6.35. The van der Waals surface area contributed by atoms with E-state index in [1.54, 1.807) is 4.52 Å². The Kier molecular flexibility index (Phi) is 4.68. The first-order valence-corrected chi connectivity index (χ1v) is 9.62. The molecule has 1 amide bonds. The van der Waals surface area contributed by atoms with E-state index in [0.717, 1.165) is 11.1 Å². The summed E-state index contributed by atoms with van der Waals surface area (Å²) in [4.78, 5) is 13.4. The number of hydrogen-bond donors (Lipinski definition) is 1. The molecule has 4 aromatic rings. The fourth-order valence-corrected chi connectivity index (χ4v) is 3.74. The summed E-state index contributed by atoms with van der Waals surface area (Å²) in [7, 11) is 0. The van der Waals surface area contributed by atoms with Crippen LogP contribution >= 0.6 is 11.3 Å². The molecular formula is C20H19N5OS. The predicted molar refractivity (Wildman–Crippen MR) is 107 cm³/mol. The van der Waals surface area contributed by atoms with Crippen LogP contribution in [0.1, 0.15) is 30.4 Å². The lowest BCUT2D eigenvalue weighted by atomic mass is 9.96. The maximum Gasteiger partial charge on any atom is 0.236 e. The Bertz CT molecular complexity index is 1070. The monoisotopic (exact) mass is 377 g/mol. The minimum Gasteiger partial charge on any atom is -0.300 e. The summed E-state index contributed by atoms with van der Waals surface area (Å²) in [5.74, 6) is 0.388. The van der Waals surface area contributed by atoms with Gasteiger partial charge >= 0.3 is 0 Å². The van der Waals surface area contributed by atoms with Crippen LogP contribution < -0.4 is 5.32 Å². The molecule has 0 saturated carbocycles. The molecule has 0 aliphatic heterocycles. The summed E-state index contributed by atoms with van der Waals surface area (Å²) in [6.07, 6.45) is 0.717. The third-order valence-corrected chi connectivity index (χ3v) is 5.27. The van der Waals surface area contributed by atoms with E-state index in [0.29, 0.717) is 22.3 Å². The average Bonchev–Trinajstić information content (AvgIpc) is 3.24. The number of aryl methyl sites for hydroxylation is 1. The number of benzene rings is 2. The van der Waals surface area contributed by atoms with Crippen LogP contribution in [0.2, 0.25) is 0 Å². The SMILES string of the molecule is CC[C@@H](C(=O)Nc1nn2c(-c3ccc(C)cc3)nnc2s1)c1ccccc1. The second kappa shape index (κ2) is 7.28.